The number of ketones is 1. The maximum Gasteiger partial charge on any atom is 0.206 e. The number of aryl methyl sites for hydroxylation is 1. The van der Waals surface area contributed by atoms with Crippen LogP contribution in [-0.4, -0.2) is 5.78 Å². The first-order chi connectivity index (χ1) is 5.20. The van der Waals surface area contributed by atoms with Crippen LogP contribution >= 0.6 is 0 Å². The Morgan fingerprint density at radius 2 is 2.17 bits per heavy atom. The number of carbonyl (C=O) groups is 1. The monoisotopic (exact) mass is 277 g/mol. The number of nitrogens with zero attached hydrogens (tertiary/aromatic N) is 1. The van der Waals surface area contributed by atoms with E-state index in [1.54, 1.807) is 6.92 Å². The van der Waals surface area contributed by atoms with Crippen LogP contribution in [0.15, 0.2) is 24.4 Å². The zero-order valence-corrected chi connectivity index (χ0v) is 9.41. The predicted molar refractivity (Wildman–Crippen MR) is 42.1 cm³/mol. The van der Waals surface area contributed by atoms with E-state index in [2.05, 4.69) is 0 Å². The molecule has 0 fully saturated rings. The van der Waals surface area contributed by atoms with Crippen LogP contribution in [-0.2, 0) is 11.3 Å². The number of hydrogen-bond donors (Lipinski definition) is 0. The molecule has 2 nitrogen and oxygen atoms in total. The summed E-state index contributed by atoms with van der Waals surface area (Å²) in [7, 11) is 0. The first-order valence-electron chi connectivity index (χ1n) is 3.64. The van der Waals surface area contributed by atoms with E-state index in [1.165, 1.54) is 0 Å². The highest BCUT2D eigenvalue weighted by Gasteiger charge is 2.05. The average Bonchev–Trinajstić information content (AvgIpc) is 1.93. The van der Waals surface area contributed by atoms with E-state index in [-0.39, 0.29) is 29.8 Å². The van der Waals surface area contributed by atoms with Gasteiger partial charge >= 0.3 is 0 Å². The number of hydrogen-bond acceptors (Lipinski definition) is 1. The zero-order valence-electron chi connectivity index (χ0n) is 7.25. The molecule has 0 saturated heterocycles. The third-order valence-electron chi connectivity index (χ3n) is 1.56. The summed E-state index contributed by atoms with van der Waals surface area (Å²) in [4.78, 5) is 10.7. The molecule has 12 heavy (non-hydrogen) atoms. The molecule has 3 heteroatoms. The van der Waals surface area contributed by atoms with Gasteiger partial charge in [0.1, 0.15) is 0 Å². The van der Waals surface area contributed by atoms with E-state index in [0.717, 1.165) is 5.69 Å². The highest BCUT2D eigenvalue weighted by atomic mass is 127. The number of Topliss-reactive ketones (excluding diaryl/α,β-unsaturated/α-hetero) is 1. The van der Waals surface area contributed by atoms with Gasteiger partial charge in [0.05, 0.1) is 0 Å². The van der Waals surface area contributed by atoms with Gasteiger partial charge < -0.3 is 24.0 Å². The van der Waals surface area contributed by atoms with Crippen LogP contribution in [0.25, 0.3) is 0 Å². The molecule has 0 unspecified atom stereocenters. The Kier molecular flexibility index (Phi) is 5.04. The summed E-state index contributed by atoms with van der Waals surface area (Å²) in [5.74, 6) is 0.185. The van der Waals surface area contributed by atoms with Crippen molar-refractivity contribution in [2.24, 2.45) is 0 Å². The Morgan fingerprint density at radius 3 is 2.67 bits per heavy atom. The average molecular weight is 277 g/mol. The molecule has 0 aliphatic heterocycles. The van der Waals surface area contributed by atoms with Crippen molar-refractivity contribution in [1.29, 1.82) is 0 Å². The Labute approximate surface area is 89.6 Å². The highest BCUT2D eigenvalue weighted by Crippen LogP contribution is 1.87. The van der Waals surface area contributed by atoms with Crippen LogP contribution in [0.1, 0.15) is 12.6 Å². The van der Waals surface area contributed by atoms with Crippen molar-refractivity contribution in [2.75, 3.05) is 0 Å². The Balaban J connectivity index is 0.00000121. The van der Waals surface area contributed by atoms with Crippen molar-refractivity contribution < 1.29 is 33.3 Å². The van der Waals surface area contributed by atoms with Crippen LogP contribution in [0, 0.1) is 6.92 Å². The molecule has 0 N–H and O–H groups in total. The fourth-order valence-electron chi connectivity index (χ4n) is 0.979. The normalized spacial score (nSPS) is 8.83. The number of aromatic nitrogens is 1. The first kappa shape index (κ1) is 11.6. The van der Waals surface area contributed by atoms with Crippen LogP contribution in [0.2, 0.25) is 0 Å². The summed E-state index contributed by atoms with van der Waals surface area (Å²) in [5.41, 5.74) is 1.11. The second-order valence-electron chi connectivity index (χ2n) is 2.67. The van der Waals surface area contributed by atoms with Gasteiger partial charge in [0, 0.05) is 26.0 Å². The smallest absolute Gasteiger partial charge is 0.206 e. The van der Waals surface area contributed by atoms with E-state index in [4.69, 9.17) is 0 Å². The molecule has 0 aliphatic carbocycles. The van der Waals surface area contributed by atoms with Crippen molar-refractivity contribution >= 4 is 5.78 Å². The second kappa shape index (κ2) is 5.24. The van der Waals surface area contributed by atoms with Crippen molar-refractivity contribution in [3.05, 3.63) is 30.1 Å². The molecule has 0 bridgehead atoms. The largest absolute Gasteiger partial charge is 1.00 e. The quantitative estimate of drug-likeness (QED) is 0.447. The molecule has 66 valence electrons. The Hall–Kier alpha value is -0.450. The van der Waals surface area contributed by atoms with E-state index >= 15 is 0 Å². The Morgan fingerprint density at radius 1 is 1.50 bits per heavy atom. The maximum atomic E-state index is 10.7. The fourth-order valence-corrected chi connectivity index (χ4v) is 0.979. The zero-order chi connectivity index (χ0) is 8.27. The van der Waals surface area contributed by atoms with Crippen molar-refractivity contribution in [3.63, 3.8) is 0 Å². The molecular weight excluding hydrogens is 265 g/mol. The Bertz CT molecular complexity index is 273. The molecule has 0 amide bonds. The molecule has 1 heterocycles. The maximum absolute atomic E-state index is 10.7. The lowest BCUT2D eigenvalue weighted by Gasteiger charge is -1.94. The lowest BCUT2D eigenvalue weighted by Crippen LogP contribution is -3.00. The standard InChI is InChI=1S/C9H12NO.HI/c1-8-5-3-4-6-10(8)7-9(2)11;/h3-6H,7H2,1-2H3;1H/q+1;/p-1. The molecule has 0 aliphatic rings. The second-order valence-corrected chi connectivity index (χ2v) is 2.67. The molecule has 0 radical (unpaired) electrons. The van der Waals surface area contributed by atoms with Gasteiger partial charge in [-0.2, -0.15) is 4.57 Å². The highest BCUT2D eigenvalue weighted by molar-refractivity contribution is 5.73. The van der Waals surface area contributed by atoms with Gasteiger partial charge in [-0.3, -0.25) is 4.79 Å². The van der Waals surface area contributed by atoms with E-state index in [1.807, 2.05) is 35.9 Å². The van der Waals surface area contributed by atoms with Crippen LogP contribution in [0.5, 0.6) is 0 Å². The van der Waals surface area contributed by atoms with Gasteiger partial charge in [-0.25, -0.2) is 0 Å². The van der Waals surface area contributed by atoms with Gasteiger partial charge in [-0.15, -0.1) is 0 Å². The number of carbonyl (C=O) groups excluding carboxylic acids is 1. The predicted octanol–water partition coefficient (Wildman–Crippen LogP) is -2.12. The van der Waals surface area contributed by atoms with E-state index in [0.29, 0.717) is 6.54 Å². The summed E-state index contributed by atoms with van der Waals surface area (Å²) >= 11 is 0. The SMILES string of the molecule is CC(=O)C[n+]1ccccc1C.[I-]. The minimum absolute atomic E-state index is 0. The first-order valence-corrected chi connectivity index (χ1v) is 3.64. The third-order valence-corrected chi connectivity index (χ3v) is 1.56. The van der Waals surface area contributed by atoms with E-state index in [9.17, 15) is 4.79 Å². The van der Waals surface area contributed by atoms with Gasteiger partial charge in [0.25, 0.3) is 0 Å². The number of halogens is 1. The summed E-state index contributed by atoms with van der Waals surface area (Å²) in [6, 6.07) is 5.88. The fraction of sp³-hybridized carbons (Fsp3) is 0.333. The van der Waals surface area contributed by atoms with Crippen molar-refractivity contribution in [3.8, 4) is 0 Å². The van der Waals surface area contributed by atoms with Crippen molar-refractivity contribution in [2.45, 2.75) is 20.4 Å². The summed E-state index contributed by atoms with van der Waals surface area (Å²) in [6.07, 6.45) is 1.91. The minimum Gasteiger partial charge on any atom is -1.00 e. The third kappa shape index (κ3) is 3.30. The number of pyridine rings is 1. The lowest BCUT2D eigenvalue weighted by atomic mass is 10.3. The van der Waals surface area contributed by atoms with Gasteiger partial charge in [-0.1, -0.05) is 6.07 Å². The van der Waals surface area contributed by atoms with Gasteiger partial charge in [-0.05, 0) is 0 Å². The molecule has 0 atom stereocenters. The summed E-state index contributed by atoms with van der Waals surface area (Å²) in [6.45, 7) is 4.06. The minimum atomic E-state index is 0. The molecule has 0 saturated carbocycles. The van der Waals surface area contributed by atoms with Crippen LogP contribution in [0.4, 0.5) is 0 Å². The molecule has 0 aromatic carbocycles. The van der Waals surface area contributed by atoms with Gasteiger partial charge in [0.2, 0.25) is 6.54 Å². The lowest BCUT2D eigenvalue weighted by molar-refractivity contribution is -0.690. The van der Waals surface area contributed by atoms with Crippen LogP contribution < -0.4 is 28.5 Å². The molecule has 1 aromatic heterocycles. The molecule has 1 aromatic rings. The molecule has 0 spiro atoms. The van der Waals surface area contributed by atoms with Crippen LogP contribution in [0.3, 0.4) is 0 Å². The molecular formula is C9H12INO. The number of rotatable bonds is 2. The summed E-state index contributed by atoms with van der Waals surface area (Å²) < 4.78 is 1.93. The van der Waals surface area contributed by atoms with E-state index < -0.39 is 0 Å². The summed E-state index contributed by atoms with van der Waals surface area (Å²) in [5, 5.41) is 0. The topological polar surface area (TPSA) is 20.9 Å². The van der Waals surface area contributed by atoms with Crippen molar-refractivity contribution in [1.82, 2.24) is 0 Å². The molecule has 1 rings (SSSR count). The van der Waals surface area contributed by atoms with Gasteiger partial charge in [0.15, 0.2) is 17.7 Å².